The van der Waals surface area contributed by atoms with Crippen LogP contribution >= 0.6 is 65.8 Å². The van der Waals surface area contributed by atoms with Crippen molar-refractivity contribution >= 4 is 65.8 Å². The highest BCUT2D eigenvalue weighted by molar-refractivity contribution is 7.48. The van der Waals surface area contributed by atoms with Crippen molar-refractivity contribution in [1.29, 1.82) is 0 Å². The molecule has 0 saturated heterocycles. The molecule has 4 nitrogen and oxygen atoms in total. The van der Waals surface area contributed by atoms with E-state index in [1.807, 2.05) is 0 Å². The number of phosphoric ester groups is 1. The van der Waals surface area contributed by atoms with Crippen molar-refractivity contribution < 1.29 is 18.1 Å². The first-order valence-corrected chi connectivity index (χ1v) is 9.29. The lowest BCUT2D eigenvalue weighted by atomic mass is 10.2. The van der Waals surface area contributed by atoms with E-state index < -0.39 is 29.3 Å². The van der Waals surface area contributed by atoms with Gasteiger partial charge in [-0.3, -0.25) is 13.6 Å². The van der Waals surface area contributed by atoms with Crippen LogP contribution in [0.3, 0.4) is 0 Å². The first-order chi connectivity index (χ1) is 8.86. The molecule has 0 aromatic carbocycles. The van der Waals surface area contributed by atoms with Gasteiger partial charge in [-0.2, -0.15) is 0 Å². The number of halogens is 5. The molecule has 0 aliphatic heterocycles. The quantitative estimate of drug-likeness (QED) is 0.366. The maximum Gasteiger partial charge on any atom is 0.477 e. The van der Waals surface area contributed by atoms with E-state index in [0.717, 1.165) is 0 Å². The van der Waals surface area contributed by atoms with Crippen LogP contribution in [0.1, 0.15) is 27.7 Å². The van der Waals surface area contributed by atoms with Crippen molar-refractivity contribution in [3.63, 3.8) is 0 Å². The molecule has 10 heteroatoms. The van der Waals surface area contributed by atoms with Crippen molar-refractivity contribution in [2.75, 3.05) is 6.61 Å². The average Bonchev–Trinajstić information content (AvgIpc) is 2.25. The van der Waals surface area contributed by atoms with Crippen LogP contribution in [0.2, 0.25) is 0 Å². The summed E-state index contributed by atoms with van der Waals surface area (Å²) in [5.41, 5.74) is -1.79. The van der Waals surface area contributed by atoms with E-state index in [1.54, 1.807) is 27.7 Å². The molecule has 0 aromatic heterocycles. The molecule has 0 heterocycles. The molecule has 2 atom stereocenters. The molecule has 0 fully saturated rings. The highest BCUT2D eigenvalue weighted by Crippen LogP contribution is 2.55. The van der Waals surface area contributed by atoms with Gasteiger partial charge in [0.15, 0.2) is 0 Å². The molecule has 0 aromatic rings. The number of phosphoric acid groups is 1. The van der Waals surface area contributed by atoms with Gasteiger partial charge >= 0.3 is 7.82 Å². The van der Waals surface area contributed by atoms with Crippen LogP contribution in [0.15, 0.2) is 0 Å². The summed E-state index contributed by atoms with van der Waals surface area (Å²) < 4.78 is 26.0. The molecule has 0 rings (SSSR count). The van der Waals surface area contributed by atoms with E-state index in [4.69, 9.17) is 71.6 Å². The maximum absolute atomic E-state index is 12.5. The minimum atomic E-state index is -4.05. The highest BCUT2D eigenvalue weighted by atomic mass is 35.6. The molecule has 20 heavy (non-hydrogen) atoms. The minimum absolute atomic E-state index is 0.127. The SMILES string of the molecule is CC(C)[C@H](Cl)OP(=O)(OCC(Cl)(Cl)Cl)O[C@@H](Cl)C(C)C. The van der Waals surface area contributed by atoms with Crippen LogP contribution in [0, 0.1) is 11.8 Å². The fraction of sp³-hybridized carbons (Fsp3) is 1.00. The molecule has 0 aliphatic rings. The Labute approximate surface area is 144 Å². The minimum Gasteiger partial charge on any atom is -0.282 e. The Hall–Kier alpha value is 1.56. The Morgan fingerprint density at radius 3 is 1.55 bits per heavy atom. The predicted octanol–water partition coefficient (Wildman–Crippen LogP) is 5.96. The fourth-order valence-corrected chi connectivity index (χ4v) is 3.21. The van der Waals surface area contributed by atoms with Crippen molar-refractivity contribution in [3.8, 4) is 0 Å². The maximum atomic E-state index is 12.5. The number of alkyl halides is 5. The predicted molar refractivity (Wildman–Crippen MR) is 85.0 cm³/mol. The third-order valence-electron chi connectivity index (χ3n) is 1.89. The van der Waals surface area contributed by atoms with Crippen molar-refractivity contribution in [2.45, 2.75) is 42.6 Å². The molecule has 0 saturated carbocycles. The van der Waals surface area contributed by atoms with E-state index in [-0.39, 0.29) is 11.8 Å². The molecule has 0 spiro atoms. The third kappa shape index (κ3) is 9.55. The van der Waals surface area contributed by atoms with E-state index in [0.29, 0.717) is 0 Å². The highest BCUT2D eigenvalue weighted by Gasteiger charge is 2.37. The first-order valence-electron chi connectivity index (χ1n) is 5.82. The van der Waals surface area contributed by atoms with Gasteiger partial charge in [0.1, 0.15) is 17.7 Å². The van der Waals surface area contributed by atoms with Gasteiger partial charge in [-0.25, -0.2) is 4.57 Å². The number of hydrogen-bond acceptors (Lipinski definition) is 4. The van der Waals surface area contributed by atoms with Gasteiger partial charge in [0.05, 0.1) is 0 Å². The second-order valence-corrected chi connectivity index (χ2v) is 9.69. The zero-order valence-corrected chi connectivity index (χ0v) is 16.2. The van der Waals surface area contributed by atoms with E-state index in [1.165, 1.54) is 0 Å². The van der Waals surface area contributed by atoms with Crippen molar-refractivity contribution in [3.05, 3.63) is 0 Å². The first kappa shape index (κ1) is 21.6. The van der Waals surface area contributed by atoms with Gasteiger partial charge in [-0.05, 0) is 11.8 Å². The molecule has 0 amide bonds. The number of hydrogen-bond donors (Lipinski definition) is 0. The van der Waals surface area contributed by atoms with Crippen LogP contribution in [-0.2, 0) is 18.1 Å². The van der Waals surface area contributed by atoms with Gasteiger partial charge in [0, 0.05) is 0 Å². The van der Waals surface area contributed by atoms with Crippen molar-refractivity contribution in [1.82, 2.24) is 0 Å². The zero-order chi connectivity index (χ0) is 16.1. The Balaban J connectivity index is 4.88. The topological polar surface area (TPSA) is 44.8 Å². The summed E-state index contributed by atoms with van der Waals surface area (Å²) in [6.07, 6.45) is 0. The van der Waals surface area contributed by atoms with E-state index in [2.05, 4.69) is 0 Å². The third-order valence-corrected chi connectivity index (χ3v) is 5.07. The average molecular weight is 410 g/mol. The molecule has 0 N–H and O–H groups in total. The summed E-state index contributed by atoms with van der Waals surface area (Å²) >= 11 is 28.5. The monoisotopic (exact) mass is 408 g/mol. The summed E-state index contributed by atoms with van der Waals surface area (Å²) in [4.78, 5) is 0. The Morgan fingerprint density at radius 2 is 1.30 bits per heavy atom. The Morgan fingerprint density at radius 1 is 0.950 bits per heavy atom. The Kier molecular flexibility index (Phi) is 9.70. The van der Waals surface area contributed by atoms with Crippen LogP contribution in [-0.4, -0.2) is 21.5 Å². The van der Waals surface area contributed by atoms with Gasteiger partial charge < -0.3 is 0 Å². The molecule has 0 unspecified atom stereocenters. The normalized spacial score (nSPS) is 16.8. The molecular formula is C10H18Cl5O4P. The lowest BCUT2D eigenvalue weighted by Gasteiger charge is -2.26. The molecule has 0 bridgehead atoms. The second-order valence-electron chi connectivity index (χ2n) is 4.74. The van der Waals surface area contributed by atoms with E-state index >= 15 is 0 Å². The number of rotatable bonds is 8. The van der Waals surface area contributed by atoms with Crippen LogP contribution in [0.25, 0.3) is 0 Å². The summed E-state index contributed by atoms with van der Waals surface area (Å²) in [6.45, 7) is 6.61. The molecular weight excluding hydrogens is 392 g/mol. The standard InChI is InChI=1S/C10H18Cl5O4P/c1-6(2)8(11)18-20(16,17-5-10(13,14)15)19-9(12)7(3)4/h6-9H,5H2,1-4H3/t8-,9-/m1/s1. The van der Waals surface area contributed by atoms with Gasteiger partial charge in [0.25, 0.3) is 0 Å². The van der Waals surface area contributed by atoms with Gasteiger partial charge in [-0.1, -0.05) is 85.7 Å². The lowest BCUT2D eigenvalue weighted by Crippen LogP contribution is -2.20. The van der Waals surface area contributed by atoms with Gasteiger partial charge in [0.2, 0.25) is 3.79 Å². The van der Waals surface area contributed by atoms with Crippen LogP contribution in [0.4, 0.5) is 0 Å². The molecule has 0 aliphatic carbocycles. The smallest absolute Gasteiger partial charge is 0.282 e. The van der Waals surface area contributed by atoms with E-state index in [9.17, 15) is 4.57 Å². The summed E-state index contributed by atoms with van der Waals surface area (Å²) in [6, 6.07) is 0. The second kappa shape index (κ2) is 9.00. The summed E-state index contributed by atoms with van der Waals surface area (Å²) in [7, 11) is -4.05. The lowest BCUT2D eigenvalue weighted by molar-refractivity contribution is 0.0726. The molecule has 122 valence electrons. The summed E-state index contributed by atoms with van der Waals surface area (Å²) in [5.74, 6) is -0.254. The van der Waals surface area contributed by atoms with Crippen LogP contribution in [0.5, 0.6) is 0 Å². The van der Waals surface area contributed by atoms with Crippen molar-refractivity contribution in [2.24, 2.45) is 11.8 Å². The Bertz CT molecular complexity index is 314. The van der Waals surface area contributed by atoms with Crippen LogP contribution < -0.4 is 0 Å². The molecule has 0 radical (unpaired) electrons. The summed E-state index contributed by atoms with van der Waals surface area (Å²) in [5, 5.41) is 0. The fourth-order valence-electron chi connectivity index (χ4n) is 0.728. The van der Waals surface area contributed by atoms with Gasteiger partial charge in [-0.15, -0.1) is 0 Å². The zero-order valence-electron chi connectivity index (χ0n) is 11.5. The largest absolute Gasteiger partial charge is 0.477 e.